The maximum absolute atomic E-state index is 12.9. The van der Waals surface area contributed by atoms with Gasteiger partial charge in [0.2, 0.25) is 0 Å². The molecular formula is C23H28N2O4. The Morgan fingerprint density at radius 3 is 1.90 bits per heavy atom. The summed E-state index contributed by atoms with van der Waals surface area (Å²) in [6, 6.07) is 15.6. The number of para-hydroxylation sites is 1. The Morgan fingerprint density at radius 2 is 1.34 bits per heavy atom. The summed E-state index contributed by atoms with van der Waals surface area (Å²) in [5.74, 6) is -1.30. The molecule has 0 aliphatic heterocycles. The van der Waals surface area contributed by atoms with Crippen LogP contribution < -0.4 is 4.90 Å². The Hall–Kier alpha value is -3.15. The average molecular weight is 396 g/mol. The highest BCUT2D eigenvalue weighted by Crippen LogP contribution is 2.18. The molecule has 0 N–H and O–H groups in total. The van der Waals surface area contributed by atoms with E-state index in [1.807, 2.05) is 58.0 Å². The van der Waals surface area contributed by atoms with Gasteiger partial charge in [-0.3, -0.25) is 9.59 Å². The maximum Gasteiger partial charge on any atom is 0.339 e. The molecule has 0 bridgehead atoms. The number of nitrogens with zero attached hydrogens (tertiary/aromatic N) is 2. The zero-order chi connectivity index (χ0) is 21.6. The van der Waals surface area contributed by atoms with Gasteiger partial charge in [0.25, 0.3) is 11.8 Å². The van der Waals surface area contributed by atoms with Crippen molar-refractivity contribution < 1.29 is 19.1 Å². The zero-order valence-corrected chi connectivity index (χ0v) is 17.6. The molecular weight excluding hydrogens is 368 g/mol. The monoisotopic (exact) mass is 396 g/mol. The van der Waals surface area contributed by atoms with Crippen LogP contribution in [0.3, 0.4) is 0 Å². The van der Waals surface area contributed by atoms with Crippen molar-refractivity contribution in [3.05, 3.63) is 65.7 Å². The van der Waals surface area contributed by atoms with Crippen LogP contribution in [0.2, 0.25) is 0 Å². The topological polar surface area (TPSA) is 66.9 Å². The van der Waals surface area contributed by atoms with Crippen molar-refractivity contribution in [2.75, 3.05) is 18.6 Å². The van der Waals surface area contributed by atoms with E-state index < -0.39 is 5.97 Å². The second kappa shape index (κ2) is 9.87. The lowest BCUT2D eigenvalue weighted by Crippen LogP contribution is -2.44. The Bertz CT molecular complexity index is 854. The van der Waals surface area contributed by atoms with Crippen molar-refractivity contribution in [3.63, 3.8) is 0 Å². The third kappa shape index (κ3) is 5.44. The Labute approximate surface area is 172 Å². The number of hydrogen-bond donors (Lipinski definition) is 0. The number of benzene rings is 2. The molecule has 0 saturated heterocycles. The summed E-state index contributed by atoms with van der Waals surface area (Å²) in [5, 5.41) is 0. The van der Waals surface area contributed by atoms with E-state index in [0.29, 0.717) is 5.69 Å². The van der Waals surface area contributed by atoms with Gasteiger partial charge in [-0.05, 0) is 52.0 Å². The van der Waals surface area contributed by atoms with Crippen LogP contribution in [0.1, 0.15) is 48.4 Å². The summed E-state index contributed by atoms with van der Waals surface area (Å²) in [7, 11) is 1.65. The van der Waals surface area contributed by atoms with Gasteiger partial charge in [-0.2, -0.15) is 0 Å². The van der Waals surface area contributed by atoms with Crippen molar-refractivity contribution in [2.24, 2.45) is 0 Å². The van der Waals surface area contributed by atoms with Crippen LogP contribution >= 0.6 is 0 Å². The minimum atomic E-state index is -0.698. The van der Waals surface area contributed by atoms with E-state index in [4.69, 9.17) is 4.74 Å². The second-order valence-electron chi connectivity index (χ2n) is 7.31. The average Bonchev–Trinajstić information content (AvgIpc) is 2.71. The Balaban J connectivity index is 2.16. The molecule has 0 atom stereocenters. The predicted molar refractivity (Wildman–Crippen MR) is 113 cm³/mol. The summed E-state index contributed by atoms with van der Waals surface area (Å²) in [4.78, 5) is 41.1. The molecule has 2 aromatic rings. The van der Waals surface area contributed by atoms with Gasteiger partial charge in [0.15, 0.2) is 6.61 Å². The molecule has 0 radical (unpaired) electrons. The molecule has 0 aliphatic rings. The molecule has 0 spiro atoms. The highest BCUT2D eigenvalue weighted by atomic mass is 16.5. The summed E-state index contributed by atoms with van der Waals surface area (Å²) >= 11 is 0. The van der Waals surface area contributed by atoms with Gasteiger partial charge in [0.1, 0.15) is 0 Å². The van der Waals surface area contributed by atoms with Crippen molar-refractivity contribution in [1.29, 1.82) is 0 Å². The molecule has 2 rings (SSSR count). The molecule has 0 aromatic heterocycles. The molecule has 0 unspecified atom stereocenters. The van der Waals surface area contributed by atoms with Gasteiger partial charge < -0.3 is 14.5 Å². The van der Waals surface area contributed by atoms with E-state index in [0.717, 1.165) is 0 Å². The summed E-state index contributed by atoms with van der Waals surface area (Å²) < 4.78 is 5.25. The van der Waals surface area contributed by atoms with Gasteiger partial charge >= 0.3 is 5.97 Å². The number of amides is 2. The predicted octanol–water partition coefficient (Wildman–Crippen LogP) is 3.77. The molecule has 154 valence electrons. The van der Waals surface area contributed by atoms with E-state index in [9.17, 15) is 14.4 Å². The van der Waals surface area contributed by atoms with Crippen LogP contribution in [0.4, 0.5) is 5.69 Å². The SMILES string of the molecule is CC(C)N(C(=O)COC(=O)c1ccccc1C(=O)N(C)c1ccccc1)C(C)C. The third-order valence-corrected chi connectivity index (χ3v) is 4.55. The number of rotatable bonds is 7. The number of esters is 1. The highest BCUT2D eigenvalue weighted by molar-refractivity contribution is 6.12. The quantitative estimate of drug-likeness (QED) is 0.668. The Morgan fingerprint density at radius 1 is 0.828 bits per heavy atom. The van der Waals surface area contributed by atoms with Gasteiger partial charge in [0.05, 0.1) is 11.1 Å². The van der Waals surface area contributed by atoms with E-state index in [-0.39, 0.29) is 41.6 Å². The molecule has 0 heterocycles. The van der Waals surface area contributed by atoms with Gasteiger partial charge in [0, 0.05) is 24.8 Å². The van der Waals surface area contributed by atoms with E-state index in [1.54, 1.807) is 30.1 Å². The van der Waals surface area contributed by atoms with Gasteiger partial charge in [-0.15, -0.1) is 0 Å². The van der Waals surface area contributed by atoms with E-state index in [1.165, 1.54) is 11.0 Å². The minimum absolute atomic E-state index is 0.00501. The number of carbonyl (C=O) groups is 3. The van der Waals surface area contributed by atoms with Gasteiger partial charge in [-0.1, -0.05) is 30.3 Å². The molecule has 6 heteroatoms. The maximum atomic E-state index is 12.9. The van der Waals surface area contributed by atoms with Crippen LogP contribution in [-0.4, -0.2) is 48.4 Å². The van der Waals surface area contributed by atoms with Crippen LogP contribution in [0.25, 0.3) is 0 Å². The number of ether oxygens (including phenoxy) is 1. The van der Waals surface area contributed by atoms with Crippen molar-refractivity contribution >= 4 is 23.5 Å². The number of hydrogen-bond acceptors (Lipinski definition) is 4. The fraction of sp³-hybridized carbons (Fsp3) is 0.348. The first-order chi connectivity index (χ1) is 13.7. The smallest absolute Gasteiger partial charge is 0.339 e. The van der Waals surface area contributed by atoms with Crippen LogP contribution in [0.5, 0.6) is 0 Å². The first kappa shape index (κ1) is 22.1. The standard InChI is InChI=1S/C23H28N2O4/c1-16(2)25(17(3)4)21(26)15-29-23(28)20-14-10-9-13-19(20)22(27)24(5)18-11-7-6-8-12-18/h6-14,16-17H,15H2,1-5H3. The lowest BCUT2D eigenvalue weighted by molar-refractivity contribution is -0.138. The largest absolute Gasteiger partial charge is 0.452 e. The molecule has 0 fully saturated rings. The Kier molecular flexibility index (Phi) is 7.53. The molecule has 0 saturated carbocycles. The normalized spacial score (nSPS) is 10.7. The van der Waals surface area contributed by atoms with Crippen LogP contribution in [0, 0.1) is 0 Å². The summed E-state index contributed by atoms with van der Waals surface area (Å²) in [5.41, 5.74) is 1.06. The highest BCUT2D eigenvalue weighted by Gasteiger charge is 2.24. The molecule has 2 aromatic carbocycles. The van der Waals surface area contributed by atoms with Gasteiger partial charge in [-0.25, -0.2) is 4.79 Å². The fourth-order valence-corrected chi connectivity index (χ4v) is 3.25. The molecule has 0 aliphatic carbocycles. The number of anilines is 1. The molecule has 2 amide bonds. The van der Waals surface area contributed by atoms with Crippen LogP contribution in [-0.2, 0) is 9.53 Å². The lowest BCUT2D eigenvalue weighted by atomic mass is 10.1. The summed E-state index contributed by atoms with van der Waals surface area (Å²) in [6.07, 6.45) is 0. The minimum Gasteiger partial charge on any atom is -0.452 e. The first-order valence-electron chi connectivity index (χ1n) is 9.64. The van der Waals surface area contributed by atoms with E-state index in [2.05, 4.69) is 0 Å². The zero-order valence-electron chi connectivity index (χ0n) is 17.6. The summed E-state index contributed by atoms with van der Waals surface area (Å²) in [6.45, 7) is 7.27. The number of carbonyl (C=O) groups excluding carboxylic acids is 3. The van der Waals surface area contributed by atoms with Crippen molar-refractivity contribution in [1.82, 2.24) is 4.90 Å². The van der Waals surface area contributed by atoms with Crippen molar-refractivity contribution in [3.8, 4) is 0 Å². The second-order valence-corrected chi connectivity index (χ2v) is 7.31. The molecule has 6 nitrogen and oxygen atoms in total. The molecule has 29 heavy (non-hydrogen) atoms. The van der Waals surface area contributed by atoms with Crippen LogP contribution in [0.15, 0.2) is 54.6 Å². The van der Waals surface area contributed by atoms with Crippen molar-refractivity contribution in [2.45, 2.75) is 39.8 Å². The lowest BCUT2D eigenvalue weighted by Gasteiger charge is -2.30. The van der Waals surface area contributed by atoms with E-state index >= 15 is 0 Å². The third-order valence-electron chi connectivity index (χ3n) is 4.55. The first-order valence-corrected chi connectivity index (χ1v) is 9.64. The fourth-order valence-electron chi connectivity index (χ4n) is 3.25.